The Morgan fingerprint density at radius 2 is 1.88 bits per heavy atom. The Kier molecular flexibility index (Phi) is 5.44. The van der Waals surface area contributed by atoms with Gasteiger partial charge < -0.3 is 4.74 Å². The van der Waals surface area contributed by atoms with E-state index in [2.05, 4.69) is 29.8 Å². The maximum absolute atomic E-state index is 13.6. The average Bonchev–Trinajstić information content (AvgIpc) is 2.76. The van der Waals surface area contributed by atoms with E-state index in [4.69, 9.17) is 4.74 Å². The number of anilines is 2. The fraction of sp³-hybridized carbons (Fsp3) is 0.350. The van der Waals surface area contributed by atoms with Gasteiger partial charge >= 0.3 is 0 Å². The Balaban J connectivity index is 2.23. The quantitative estimate of drug-likeness (QED) is 0.605. The first-order valence-electron chi connectivity index (χ1n) is 8.46. The highest BCUT2D eigenvalue weighted by molar-refractivity contribution is 9.10. The summed E-state index contributed by atoms with van der Waals surface area (Å²) in [6.45, 7) is 4.22. The second-order valence-corrected chi connectivity index (χ2v) is 8.08. The topological polar surface area (TPSA) is 29.5 Å². The van der Waals surface area contributed by atoms with Crippen molar-refractivity contribution >= 4 is 45.0 Å². The number of amides is 1. The second kappa shape index (κ2) is 7.42. The highest BCUT2D eigenvalue weighted by Crippen LogP contribution is 2.49. The summed E-state index contributed by atoms with van der Waals surface area (Å²) in [5, 5.41) is 0. The molecule has 0 bridgehead atoms. The summed E-state index contributed by atoms with van der Waals surface area (Å²) in [6, 6.07) is 13.9. The molecule has 0 spiro atoms. The number of carbonyl (C=O) groups excluding carboxylic acids is 1. The molecule has 0 aliphatic carbocycles. The van der Waals surface area contributed by atoms with Crippen LogP contribution >= 0.6 is 27.7 Å². The summed E-state index contributed by atoms with van der Waals surface area (Å²) in [7, 11) is 1.66. The van der Waals surface area contributed by atoms with Crippen LogP contribution in [0.1, 0.15) is 26.7 Å². The number of carbonyl (C=O) groups is 1. The summed E-state index contributed by atoms with van der Waals surface area (Å²) in [5.41, 5.74) is 1.46. The number of para-hydroxylation sites is 1. The molecule has 2 aromatic rings. The molecule has 1 amide bonds. The van der Waals surface area contributed by atoms with Gasteiger partial charge in [0.2, 0.25) is 5.91 Å². The first-order chi connectivity index (χ1) is 12.1. The van der Waals surface area contributed by atoms with Crippen molar-refractivity contribution in [3.05, 3.63) is 46.9 Å². The van der Waals surface area contributed by atoms with Crippen molar-refractivity contribution in [2.45, 2.75) is 31.6 Å². The molecule has 1 aliphatic heterocycles. The molecule has 0 saturated heterocycles. The molecule has 0 N–H and O–H groups in total. The number of ether oxygens (including phenoxy) is 1. The van der Waals surface area contributed by atoms with Gasteiger partial charge in [-0.2, -0.15) is 0 Å². The lowest BCUT2D eigenvalue weighted by Crippen LogP contribution is -2.41. The standard InChI is InChI=1S/C20H22BrNO2S/c1-4-20(5-2)13-25-18-12-17(24-3)15(21)11-16(18)22(19(20)23)14-9-7-6-8-10-14/h6-12H,4-5,13H2,1-3H3. The van der Waals surface area contributed by atoms with E-state index >= 15 is 0 Å². The van der Waals surface area contributed by atoms with Crippen LogP contribution in [-0.4, -0.2) is 18.8 Å². The summed E-state index contributed by atoms with van der Waals surface area (Å²) in [4.78, 5) is 16.6. The SMILES string of the molecule is CCC1(CC)CSc2cc(OC)c(Br)cc2N(c2ccccc2)C1=O. The number of halogens is 1. The van der Waals surface area contributed by atoms with Crippen LogP contribution in [0.25, 0.3) is 0 Å². The summed E-state index contributed by atoms with van der Waals surface area (Å²) < 4.78 is 6.31. The minimum Gasteiger partial charge on any atom is -0.496 e. The number of benzene rings is 2. The first kappa shape index (κ1) is 18.3. The summed E-state index contributed by atoms with van der Waals surface area (Å²) in [6.07, 6.45) is 1.65. The van der Waals surface area contributed by atoms with Crippen LogP contribution in [0.2, 0.25) is 0 Å². The average molecular weight is 420 g/mol. The van der Waals surface area contributed by atoms with Gasteiger partial charge in [-0.3, -0.25) is 9.69 Å². The molecule has 132 valence electrons. The van der Waals surface area contributed by atoms with E-state index in [1.165, 1.54) is 0 Å². The van der Waals surface area contributed by atoms with E-state index in [-0.39, 0.29) is 11.3 Å². The Hall–Kier alpha value is -1.46. The largest absolute Gasteiger partial charge is 0.496 e. The number of methoxy groups -OCH3 is 1. The van der Waals surface area contributed by atoms with E-state index in [0.717, 1.165) is 45.1 Å². The Morgan fingerprint density at radius 1 is 1.20 bits per heavy atom. The lowest BCUT2D eigenvalue weighted by atomic mass is 9.82. The molecule has 0 fully saturated rings. The van der Waals surface area contributed by atoms with Crippen LogP contribution < -0.4 is 9.64 Å². The lowest BCUT2D eigenvalue weighted by molar-refractivity contribution is -0.126. The molecule has 2 aromatic carbocycles. The van der Waals surface area contributed by atoms with Gasteiger partial charge in [-0.15, -0.1) is 11.8 Å². The number of hydrogen-bond donors (Lipinski definition) is 0. The van der Waals surface area contributed by atoms with Gasteiger partial charge in [-0.05, 0) is 53.0 Å². The lowest BCUT2D eigenvalue weighted by Gasteiger charge is -2.33. The minimum absolute atomic E-state index is 0.173. The van der Waals surface area contributed by atoms with Gasteiger partial charge in [0.1, 0.15) is 5.75 Å². The van der Waals surface area contributed by atoms with Gasteiger partial charge in [-0.1, -0.05) is 32.0 Å². The number of hydrogen-bond acceptors (Lipinski definition) is 3. The van der Waals surface area contributed by atoms with Crippen molar-refractivity contribution in [3.8, 4) is 5.75 Å². The Labute approximate surface area is 161 Å². The highest BCUT2D eigenvalue weighted by Gasteiger charge is 2.42. The van der Waals surface area contributed by atoms with Crippen molar-refractivity contribution in [1.29, 1.82) is 0 Å². The summed E-state index contributed by atoms with van der Waals surface area (Å²) >= 11 is 5.31. The molecular formula is C20H22BrNO2S. The van der Waals surface area contributed by atoms with Gasteiger partial charge in [-0.25, -0.2) is 0 Å². The minimum atomic E-state index is -0.362. The number of nitrogens with zero attached hydrogens (tertiary/aromatic N) is 1. The van der Waals surface area contributed by atoms with E-state index < -0.39 is 0 Å². The fourth-order valence-corrected chi connectivity index (χ4v) is 5.13. The maximum atomic E-state index is 13.6. The first-order valence-corrected chi connectivity index (χ1v) is 10.2. The molecule has 1 aliphatic rings. The van der Waals surface area contributed by atoms with Gasteiger partial charge in [0, 0.05) is 16.3 Å². The smallest absolute Gasteiger partial charge is 0.238 e. The predicted molar refractivity (Wildman–Crippen MR) is 108 cm³/mol. The van der Waals surface area contributed by atoms with E-state index in [1.807, 2.05) is 47.4 Å². The van der Waals surface area contributed by atoms with Gasteiger partial charge in [0.05, 0.1) is 22.7 Å². The molecule has 0 unspecified atom stereocenters. The molecule has 1 heterocycles. The number of rotatable bonds is 4. The third-order valence-corrected chi connectivity index (χ3v) is 6.96. The Morgan fingerprint density at radius 3 is 2.48 bits per heavy atom. The molecule has 0 aromatic heterocycles. The summed E-state index contributed by atoms with van der Waals surface area (Å²) in [5.74, 6) is 1.74. The van der Waals surface area contributed by atoms with E-state index in [0.29, 0.717) is 0 Å². The molecular weight excluding hydrogens is 398 g/mol. The highest BCUT2D eigenvalue weighted by atomic mass is 79.9. The third kappa shape index (κ3) is 3.20. The predicted octanol–water partition coefficient (Wildman–Crippen LogP) is 6.03. The fourth-order valence-electron chi connectivity index (χ4n) is 3.19. The van der Waals surface area contributed by atoms with Crippen LogP contribution in [0.15, 0.2) is 51.8 Å². The molecule has 3 nitrogen and oxygen atoms in total. The van der Waals surface area contributed by atoms with Crippen LogP contribution in [0.4, 0.5) is 11.4 Å². The van der Waals surface area contributed by atoms with Crippen molar-refractivity contribution in [2.24, 2.45) is 5.41 Å². The molecule has 5 heteroatoms. The van der Waals surface area contributed by atoms with Crippen LogP contribution in [0, 0.1) is 5.41 Å². The molecule has 25 heavy (non-hydrogen) atoms. The zero-order chi connectivity index (χ0) is 18.0. The maximum Gasteiger partial charge on any atom is 0.238 e. The van der Waals surface area contributed by atoms with Crippen molar-refractivity contribution in [1.82, 2.24) is 0 Å². The van der Waals surface area contributed by atoms with Crippen LogP contribution in [-0.2, 0) is 4.79 Å². The Bertz CT molecular complexity index is 775. The number of thioether (sulfide) groups is 1. The van der Waals surface area contributed by atoms with Crippen LogP contribution in [0.5, 0.6) is 5.75 Å². The van der Waals surface area contributed by atoms with E-state index in [9.17, 15) is 4.79 Å². The van der Waals surface area contributed by atoms with Crippen molar-refractivity contribution in [2.75, 3.05) is 17.8 Å². The van der Waals surface area contributed by atoms with Gasteiger partial charge in [0.15, 0.2) is 0 Å². The zero-order valence-corrected chi connectivity index (χ0v) is 17.1. The van der Waals surface area contributed by atoms with E-state index in [1.54, 1.807) is 18.9 Å². The van der Waals surface area contributed by atoms with Crippen molar-refractivity contribution in [3.63, 3.8) is 0 Å². The molecule has 0 atom stereocenters. The monoisotopic (exact) mass is 419 g/mol. The molecule has 0 radical (unpaired) electrons. The number of fused-ring (bicyclic) bond motifs is 1. The zero-order valence-electron chi connectivity index (χ0n) is 14.7. The third-order valence-electron chi connectivity index (χ3n) is 5.00. The van der Waals surface area contributed by atoms with Crippen LogP contribution in [0.3, 0.4) is 0 Å². The molecule has 3 rings (SSSR count). The second-order valence-electron chi connectivity index (χ2n) is 6.21. The van der Waals surface area contributed by atoms with Gasteiger partial charge in [0.25, 0.3) is 0 Å². The van der Waals surface area contributed by atoms with Crippen molar-refractivity contribution < 1.29 is 9.53 Å². The molecule has 0 saturated carbocycles. The normalized spacial score (nSPS) is 16.3.